The van der Waals surface area contributed by atoms with Crippen LogP contribution in [0.3, 0.4) is 0 Å². The number of para-hydroxylation sites is 1. The number of aromatic nitrogens is 3. The van der Waals surface area contributed by atoms with Gasteiger partial charge in [-0.25, -0.2) is 9.78 Å². The van der Waals surface area contributed by atoms with Gasteiger partial charge in [-0.05, 0) is 24.5 Å². The fraction of sp³-hybridized carbons (Fsp3) is 0.375. The Bertz CT molecular complexity index is 747. The summed E-state index contributed by atoms with van der Waals surface area (Å²) in [6, 6.07) is 6.80. The summed E-state index contributed by atoms with van der Waals surface area (Å²) in [6.45, 7) is 5.93. The standard InChI is InChI=1S/C16H21N5O3S/c1-9(2)13(14(22)19-15(17)23)25-16-18-12(20-21-16)8-24-11-7-5-4-6-10(11)3/h4-7,9,13H,8H2,1-3H3,(H,18,20,21)(H3,17,19,22,23)/t13-/m0/s1. The number of imide groups is 1. The van der Waals surface area contributed by atoms with Gasteiger partial charge in [0.1, 0.15) is 12.4 Å². The minimum absolute atomic E-state index is 0.0329. The lowest BCUT2D eigenvalue weighted by Gasteiger charge is -2.16. The molecule has 2 rings (SSSR count). The van der Waals surface area contributed by atoms with Crippen LogP contribution in [0.2, 0.25) is 0 Å². The number of benzene rings is 1. The molecule has 1 atom stereocenters. The largest absolute Gasteiger partial charge is 0.485 e. The molecular formula is C16H21N5O3S. The Balaban J connectivity index is 1.98. The number of aryl methyl sites for hydroxylation is 1. The summed E-state index contributed by atoms with van der Waals surface area (Å²) in [5, 5.41) is 8.84. The molecule has 0 saturated carbocycles. The highest BCUT2D eigenvalue weighted by Gasteiger charge is 2.26. The van der Waals surface area contributed by atoms with E-state index in [1.807, 2.05) is 45.0 Å². The molecule has 2 aromatic rings. The van der Waals surface area contributed by atoms with Gasteiger partial charge in [0.25, 0.3) is 0 Å². The first-order valence-electron chi connectivity index (χ1n) is 7.73. The molecule has 1 aromatic heterocycles. The van der Waals surface area contributed by atoms with Crippen molar-refractivity contribution in [1.82, 2.24) is 20.5 Å². The maximum Gasteiger partial charge on any atom is 0.318 e. The summed E-state index contributed by atoms with van der Waals surface area (Å²) in [5.74, 6) is 0.821. The zero-order valence-electron chi connectivity index (χ0n) is 14.3. The zero-order valence-corrected chi connectivity index (χ0v) is 15.1. The average Bonchev–Trinajstić information content (AvgIpc) is 2.98. The lowest BCUT2D eigenvalue weighted by atomic mass is 10.1. The first kappa shape index (κ1) is 18.8. The minimum Gasteiger partial charge on any atom is -0.485 e. The molecule has 1 aromatic carbocycles. The highest BCUT2D eigenvalue weighted by atomic mass is 32.2. The van der Waals surface area contributed by atoms with Crippen molar-refractivity contribution < 1.29 is 14.3 Å². The third-order valence-electron chi connectivity index (χ3n) is 3.31. The van der Waals surface area contributed by atoms with Gasteiger partial charge in [0.2, 0.25) is 11.1 Å². The molecule has 0 aliphatic rings. The highest BCUT2D eigenvalue weighted by Crippen LogP contribution is 2.26. The molecular weight excluding hydrogens is 342 g/mol. The summed E-state index contributed by atoms with van der Waals surface area (Å²) in [7, 11) is 0. The molecule has 0 unspecified atom stereocenters. The minimum atomic E-state index is -0.876. The zero-order chi connectivity index (χ0) is 18.4. The summed E-state index contributed by atoms with van der Waals surface area (Å²) < 4.78 is 5.71. The van der Waals surface area contributed by atoms with Gasteiger partial charge in [0.15, 0.2) is 5.82 Å². The Morgan fingerprint density at radius 2 is 2.08 bits per heavy atom. The van der Waals surface area contributed by atoms with Gasteiger partial charge in [-0.2, -0.15) is 0 Å². The number of urea groups is 1. The molecule has 8 nitrogen and oxygen atoms in total. The molecule has 0 fully saturated rings. The Morgan fingerprint density at radius 1 is 1.36 bits per heavy atom. The van der Waals surface area contributed by atoms with Crippen molar-refractivity contribution in [2.45, 2.75) is 37.8 Å². The third kappa shape index (κ3) is 5.49. The molecule has 0 saturated heterocycles. The second-order valence-electron chi connectivity index (χ2n) is 5.75. The van der Waals surface area contributed by atoms with Gasteiger partial charge in [-0.1, -0.05) is 43.8 Å². The second kappa shape index (κ2) is 8.52. The number of aromatic amines is 1. The lowest BCUT2D eigenvalue weighted by molar-refractivity contribution is -0.120. The third-order valence-corrected chi connectivity index (χ3v) is 4.72. The van der Waals surface area contributed by atoms with Crippen molar-refractivity contribution in [2.75, 3.05) is 0 Å². The van der Waals surface area contributed by atoms with Crippen molar-refractivity contribution in [3.8, 4) is 5.75 Å². The molecule has 0 aliphatic carbocycles. The molecule has 1 heterocycles. The van der Waals surface area contributed by atoms with Crippen LogP contribution in [-0.4, -0.2) is 32.4 Å². The molecule has 4 N–H and O–H groups in total. The van der Waals surface area contributed by atoms with E-state index in [1.54, 1.807) is 0 Å². The number of nitrogens with two attached hydrogens (primary N) is 1. The summed E-state index contributed by atoms with van der Waals surface area (Å²) in [5.41, 5.74) is 6.03. The quantitative estimate of drug-likeness (QED) is 0.647. The van der Waals surface area contributed by atoms with Gasteiger partial charge in [-0.15, -0.1) is 5.10 Å². The van der Waals surface area contributed by atoms with E-state index in [4.69, 9.17) is 10.5 Å². The van der Waals surface area contributed by atoms with E-state index in [0.717, 1.165) is 23.1 Å². The topological polar surface area (TPSA) is 123 Å². The smallest absolute Gasteiger partial charge is 0.318 e. The maximum atomic E-state index is 12.0. The predicted molar refractivity (Wildman–Crippen MR) is 94.1 cm³/mol. The van der Waals surface area contributed by atoms with Crippen LogP contribution in [0.4, 0.5) is 4.79 Å². The molecule has 0 spiro atoms. The van der Waals surface area contributed by atoms with E-state index >= 15 is 0 Å². The van der Waals surface area contributed by atoms with E-state index in [9.17, 15) is 9.59 Å². The number of amides is 3. The van der Waals surface area contributed by atoms with Crippen LogP contribution >= 0.6 is 11.8 Å². The summed E-state index contributed by atoms with van der Waals surface area (Å²) in [4.78, 5) is 27.2. The van der Waals surface area contributed by atoms with Gasteiger partial charge in [0.05, 0.1) is 5.25 Å². The number of rotatable bonds is 7. The number of carbonyl (C=O) groups is 2. The van der Waals surface area contributed by atoms with Crippen LogP contribution in [0.5, 0.6) is 5.75 Å². The molecule has 0 bridgehead atoms. The molecule has 134 valence electrons. The first-order chi connectivity index (χ1) is 11.9. The van der Waals surface area contributed by atoms with Crippen molar-refractivity contribution in [3.05, 3.63) is 35.7 Å². The van der Waals surface area contributed by atoms with Gasteiger partial charge >= 0.3 is 6.03 Å². The van der Waals surface area contributed by atoms with Crippen LogP contribution in [0, 0.1) is 12.8 Å². The monoisotopic (exact) mass is 363 g/mol. The molecule has 3 amide bonds. The fourth-order valence-corrected chi connectivity index (χ4v) is 2.98. The Kier molecular flexibility index (Phi) is 6.40. The number of hydrogen-bond donors (Lipinski definition) is 3. The van der Waals surface area contributed by atoms with E-state index in [0.29, 0.717) is 11.0 Å². The molecule has 9 heteroatoms. The molecule has 25 heavy (non-hydrogen) atoms. The van der Waals surface area contributed by atoms with Gasteiger partial charge in [0, 0.05) is 0 Å². The van der Waals surface area contributed by atoms with Crippen LogP contribution in [0.15, 0.2) is 29.4 Å². The van der Waals surface area contributed by atoms with Crippen molar-refractivity contribution in [3.63, 3.8) is 0 Å². The Labute approximate surface area is 149 Å². The fourth-order valence-electron chi connectivity index (χ4n) is 2.06. The average molecular weight is 363 g/mol. The summed E-state index contributed by atoms with van der Waals surface area (Å²) in [6.07, 6.45) is 0. The van der Waals surface area contributed by atoms with Crippen LogP contribution in [-0.2, 0) is 11.4 Å². The van der Waals surface area contributed by atoms with Crippen molar-refractivity contribution in [2.24, 2.45) is 11.7 Å². The predicted octanol–water partition coefficient (Wildman–Crippen LogP) is 2.00. The summed E-state index contributed by atoms with van der Waals surface area (Å²) >= 11 is 1.16. The van der Waals surface area contributed by atoms with Crippen molar-refractivity contribution in [1.29, 1.82) is 0 Å². The van der Waals surface area contributed by atoms with E-state index < -0.39 is 17.2 Å². The Morgan fingerprint density at radius 3 is 2.72 bits per heavy atom. The van der Waals surface area contributed by atoms with Crippen LogP contribution < -0.4 is 15.8 Å². The number of nitrogens with zero attached hydrogens (tertiary/aromatic N) is 2. The second-order valence-corrected chi connectivity index (χ2v) is 6.86. The van der Waals surface area contributed by atoms with Gasteiger partial charge in [-0.3, -0.25) is 15.2 Å². The number of ether oxygens (including phenoxy) is 1. The first-order valence-corrected chi connectivity index (χ1v) is 8.61. The van der Waals surface area contributed by atoms with Crippen LogP contribution in [0.1, 0.15) is 25.2 Å². The molecule has 0 radical (unpaired) electrons. The normalized spacial score (nSPS) is 12.0. The van der Waals surface area contributed by atoms with E-state index in [-0.39, 0.29) is 12.5 Å². The number of carbonyl (C=O) groups excluding carboxylic acids is 2. The Hall–Kier alpha value is -2.55. The lowest BCUT2D eigenvalue weighted by Crippen LogP contribution is -2.42. The SMILES string of the molecule is Cc1ccccc1OCc1nc(S[C@H](C(=O)NC(N)=O)C(C)C)n[nH]1. The maximum absolute atomic E-state index is 12.0. The van der Waals surface area contributed by atoms with Gasteiger partial charge < -0.3 is 10.5 Å². The highest BCUT2D eigenvalue weighted by molar-refractivity contribution is 8.00. The number of nitrogens with one attached hydrogen (secondary N) is 2. The van der Waals surface area contributed by atoms with E-state index in [2.05, 4.69) is 20.5 Å². The number of H-pyrrole nitrogens is 1. The number of hydrogen-bond acceptors (Lipinski definition) is 6. The van der Waals surface area contributed by atoms with Crippen LogP contribution in [0.25, 0.3) is 0 Å². The number of thioether (sulfide) groups is 1. The molecule has 0 aliphatic heterocycles. The number of primary amides is 1. The van der Waals surface area contributed by atoms with Crippen molar-refractivity contribution >= 4 is 23.7 Å². The van der Waals surface area contributed by atoms with E-state index in [1.165, 1.54) is 0 Å².